The molecule has 3 nitrogen and oxygen atoms in total. The van der Waals surface area contributed by atoms with E-state index in [1.807, 2.05) is 6.07 Å². The lowest BCUT2D eigenvalue weighted by atomic mass is 10.1. The van der Waals surface area contributed by atoms with E-state index in [0.717, 1.165) is 12.1 Å². The molecule has 3 aromatic rings. The van der Waals surface area contributed by atoms with Crippen LogP contribution in [0.25, 0.3) is 27.9 Å². The SMILES string of the molecule is CCCCCCn1c2ccccc2c2cc(/C=C/C(=O)O)ccc21. The number of carbonyl (C=O) groups is 1. The summed E-state index contributed by atoms with van der Waals surface area (Å²) >= 11 is 0. The second kappa shape index (κ2) is 7.35. The van der Waals surface area contributed by atoms with Gasteiger partial charge in [-0.1, -0.05) is 50.5 Å². The Morgan fingerprint density at radius 1 is 1.04 bits per heavy atom. The summed E-state index contributed by atoms with van der Waals surface area (Å²) in [6, 6.07) is 14.6. The maximum atomic E-state index is 10.7. The highest BCUT2D eigenvalue weighted by molar-refractivity contribution is 6.08. The van der Waals surface area contributed by atoms with Crippen LogP contribution in [-0.2, 0) is 11.3 Å². The number of nitrogens with zero attached hydrogens (tertiary/aromatic N) is 1. The summed E-state index contributed by atoms with van der Waals surface area (Å²) in [7, 11) is 0. The number of carboxylic acid groups (broad SMARTS) is 1. The predicted octanol–water partition coefficient (Wildman–Crippen LogP) is 5.47. The van der Waals surface area contributed by atoms with Crippen molar-refractivity contribution in [3.8, 4) is 0 Å². The lowest BCUT2D eigenvalue weighted by molar-refractivity contribution is -0.131. The molecule has 1 aromatic heterocycles. The summed E-state index contributed by atoms with van der Waals surface area (Å²) in [4.78, 5) is 10.7. The number of aromatic nitrogens is 1. The first-order valence-corrected chi connectivity index (χ1v) is 8.62. The quantitative estimate of drug-likeness (QED) is 0.463. The van der Waals surface area contributed by atoms with Crippen LogP contribution in [0, 0.1) is 0 Å². The van der Waals surface area contributed by atoms with E-state index in [2.05, 4.69) is 47.9 Å². The molecule has 0 aliphatic rings. The third kappa shape index (κ3) is 3.35. The summed E-state index contributed by atoms with van der Waals surface area (Å²) in [5.41, 5.74) is 3.39. The van der Waals surface area contributed by atoms with Crippen LogP contribution in [0.15, 0.2) is 48.5 Å². The molecule has 3 heteroatoms. The fourth-order valence-electron chi connectivity index (χ4n) is 3.28. The molecule has 0 radical (unpaired) electrons. The molecule has 0 spiro atoms. The Kier molecular flexibility index (Phi) is 4.99. The number of aliphatic carboxylic acids is 1. The first-order valence-electron chi connectivity index (χ1n) is 8.62. The third-order valence-electron chi connectivity index (χ3n) is 4.45. The molecule has 1 N–H and O–H groups in total. The van der Waals surface area contributed by atoms with Crippen molar-refractivity contribution in [2.75, 3.05) is 0 Å². The van der Waals surface area contributed by atoms with Crippen LogP contribution in [0.1, 0.15) is 38.2 Å². The molecule has 0 amide bonds. The minimum atomic E-state index is -0.923. The van der Waals surface area contributed by atoms with E-state index in [-0.39, 0.29) is 0 Å². The van der Waals surface area contributed by atoms with Gasteiger partial charge in [-0.15, -0.1) is 0 Å². The highest BCUT2D eigenvalue weighted by atomic mass is 16.4. The van der Waals surface area contributed by atoms with E-state index in [1.54, 1.807) is 6.08 Å². The van der Waals surface area contributed by atoms with E-state index in [0.29, 0.717) is 0 Å². The van der Waals surface area contributed by atoms with Crippen molar-refractivity contribution in [1.29, 1.82) is 0 Å². The molecule has 0 atom stereocenters. The standard InChI is InChI=1S/C21H23NO2/c1-2-3-4-7-14-22-19-9-6-5-8-17(19)18-15-16(10-12-20(18)22)11-13-21(23)24/h5-6,8-13,15H,2-4,7,14H2,1H3,(H,23,24)/b13-11+. The van der Waals surface area contributed by atoms with Crippen LogP contribution in [0.4, 0.5) is 0 Å². The molecule has 24 heavy (non-hydrogen) atoms. The van der Waals surface area contributed by atoms with Gasteiger partial charge >= 0.3 is 5.97 Å². The zero-order chi connectivity index (χ0) is 16.9. The Bertz CT molecular complexity index is 889. The van der Waals surface area contributed by atoms with Crippen LogP contribution < -0.4 is 0 Å². The number of unbranched alkanes of at least 4 members (excludes halogenated alkanes) is 3. The van der Waals surface area contributed by atoms with Crippen LogP contribution in [0.5, 0.6) is 0 Å². The third-order valence-corrected chi connectivity index (χ3v) is 4.45. The van der Waals surface area contributed by atoms with Gasteiger partial charge < -0.3 is 9.67 Å². The van der Waals surface area contributed by atoms with Gasteiger partial charge in [0.25, 0.3) is 0 Å². The van der Waals surface area contributed by atoms with Crippen molar-refractivity contribution >= 4 is 33.9 Å². The lowest BCUT2D eigenvalue weighted by Gasteiger charge is -2.07. The van der Waals surface area contributed by atoms with E-state index < -0.39 is 5.97 Å². The second-order valence-electron chi connectivity index (χ2n) is 6.18. The van der Waals surface area contributed by atoms with E-state index in [1.165, 1.54) is 53.6 Å². The summed E-state index contributed by atoms with van der Waals surface area (Å²) < 4.78 is 2.39. The van der Waals surface area contributed by atoms with Gasteiger partial charge in [0, 0.05) is 34.4 Å². The van der Waals surface area contributed by atoms with Crippen LogP contribution in [-0.4, -0.2) is 15.6 Å². The average molecular weight is 321 g/mol. The molecule has 0 bridgehead atoms. The highest BCUT2D eigenvalue weighted by Gasteiger charge is 2.10. The average Bonchev–Trinajstić information content (AvgIpc) is 2.90. The van der Waals surface area contributed by atoms with Crippen molar-refractivity contribution < 1.29 is 9.90 Å². The molecule has 3 rings (SSSR count). The van der Waals surface area contributed by atoms with Gasteiger partial charge in [-0.25, -0.2) is 4.79 Å². The molecule has 0 saturated carbocycles. The number of carboxylic acids is 1. The lowest BCUT2D eigenvalue weighted by Crippen LogP contribution is -1.97. The normalized spacial score (nSPS) is 11.7. The Morgan fingerprint density at radius 2 is 1.83 bits per heavy atom. The van der Waals surface area contributed by atoms with E-state index >= 15 is 0 Å². The number of aryl methyl sites for hydroxylation is 1. The van der Waals surface area contributed by atoms with Gasteiger partial charge in [0.05, 0.1) is 0 Å². The zero-order valence-electron chi connectivity index (χ0n) is 14.0. The molecular weight excluding hydrogens is 298 g/mol. The molecule has 0 unspecified atom stereocenters. The summed E-state index contributed by atoms with van der Waals surface area (Å²) in [6.45, 7) is 3.25. The van der Waals surface area contributed by atoms with Crippen molar-refractivity contribution in [3.63, 3.8) is 0 Å². The first-order chi connectivity index (χ1) is 11.7. The van der Waals surface area contributed by atoms with Gasteiger partial charge in [-0.3, -0.25) is 0 Å². The number of benzene rings is 2. The number of rotatable bonds is 7. The largest absolute Gasteiger partial charge is 0.478 e. The molecule has 0 aliphatic heterocycles. The Hall–Kier alpha value is -2.55. The molecule has 0 saturated heterocycles. The van der Waals surface area contributed by atoms with Crippen LogP contribution in [0.2, 0.25) is 0 Å². The molecule has 1 heterocycles. The number of hydrogen-bond donors (Lipinski definition) is 1. The van der Waals surface area contributed by atoms with E-state index in [4.69, 9.17) is 5.11 Å². The van der Waals surface area contributed by atoms with Crippen molar-refractivity contribution in [1.82, 2.24) is 4.57 Å². The van der Waals surface area contributed by atoms with Crippen molar-refractivity contribution in [2.24, 2.45) is 0 Å². The fourth-order valence-corrected chi connectivity index (χ4v) is 3.28. The summed E-state index contributed by atoms with van der Waals surface area (Å²) in [6.07, 6.45) is 7.79. The Labute approximate surface area is 142 Å². The van der Waals surface area contributed by atoms with Crippen LogP contribution in [0.3, 0.4) is 0 Å². The van der Waals surface area contributed by atoms with Crippen molar-refractivity contribution in [2.45, 2.75) is 39.2 Å². The monoisotopic (exact) mass is 321 g/mol. The van der Waals surface area contributed by atoms with Crippen LogP contribution >= 0.6 is 0 Å². The smallest absolute Gasteiger partial charge is 0.328 e. The van der Waals surface area contributed by atoms with Gasteiger partial charge in [-0.05, 0) is 36.3 Å². The van der Waals surface area contributed by atoms with Gasteiger partial charge in [0.2, 0.25) is 0 Å². The molecule has 0 fully saturated rings. The first kappa shape index (κ1) is 16.3. The zero-order valence-corrected chi connectivity index (χ0v) is 14.0. The Morgan fingerprint density at radius 3 is 2.62 bits per heavy atom. The second-order valence-corrected chi connectivity index (χ2v) is 6.18. The molecule has 124 valence electrons. The van der Waals surface area contributed by atoms with Gasteiger partial charge in [-0.2, -0.15) is 0 Å². The van der Waals surface area contributed by atoms with Crippen molar-refractivity contribution in [3.05, 3.63) is 54.1 Å². The fraction of sp³-hybridized carbons (Fsp3) is 0.286. The minimum Gasteiger partial charge on any atom is -0.478 e. The molecular formula is C21H23NO2. The number of hydrogen-bond acceptors (Lipinski definition) is 1. The number of para-hydroxylation sites is 1. The van der Waals surface area contributed by atoms with Gasteiger partial charge in [0.1, 0.15) is 0 Å². The summed E-state index contributed by atoms with van der Waals surface area (Å²) in [5, 5.41) is 11.2. The summed E-state index contributed by atoms with van der Waals surface area (Å²) in [5.74, 6) is -0.923. The predicted molar refractivity (Wildman–Crippen MR) is 100 cm³/mol. The topological polar surface area (TPSA) is 42.2 Å². The van der Waals surface area contributed by atoms with Gasteiger partial charge in [0.15, 0.2) is 0 Å². The number of fused-ring (bicyclic) bond motifs is 3. The highest BCUT2D eigenvalue weighted by Crippen LogP contribution is 2.30. The molecule has 2 aromatic carbocycles. The van der Waals surface area contributed by atoms with E-state index in [9.17, 15) is 4.79 Å². The maximum absolute atomic E-state index is 10.7. The molecule has 0 aliphatic carbocycles. The minimum absolute atomic E-state index is 0.916. The Balaban J connectivity index is 2.04. The maximum Gasteiger partial charge on any atom is 0.328 e.